The minimum absolute atomic E-state index is 0.0839. The Labute approximate surface area is 201 Å². The number of piperidine rings is 2. The number of rotatable bonds is 6. The molecule has 0 bridgehead atoms. The molecule has 0 aliphatic carbocycles. The summed E-state index contributed by atoms with van der Waals surface area (Å²) in [5.74, 6) is 1.05. The number of hydrogen-bond acceptors (Lipinski definition) is 5. The number of likely N-dealkylation sites (tertiary alicyclic amines) is 1. The minimum Gasteiger partial charge on any atom is -0.357 e. The van der Waals surface area contributed by atoms with E-state index >= 15 is 0 Å². The standard InChI is InChI=1S/C26H37N5O3/c1-19-6-8-21(9-7-19)17-30-13-10-20(11-14-30)16-27-25(33)22-5-4-12-31(18-22)23-15-24(32)29(3)26(34)28(23)2/h6-9,15,20,22H,4-5,10-14,16-18H2,1-3H3,(H,27,33)/t22-/m0/s1. The zero-order chi connectivity index (χ0) is 24.2. The minimum atomic E-state index is -0.345. The van der Waals surface area contributed by atoms with Crippen LogP contribution in [0.15, 0.2) is 39.9 Å². The number of hydrogen-bond donors (Lipinski definition) is 1. The Kier molecular flexibility index (Phi) is 7.56. The molecule has 0 spiro atoms. The maximum absolute atomic E-state index is 12.9. The van der Waals surface area contributed by atoms with Crippen molar-refractivity contribution in [1.82, 2.24) is 19.4 Å². The van der Waals surface area contributed by atoms with Gasteiger partial charge >= 0.3 is 5.69 Å². The topological polar surface area (TPSA) is 79.6 Å². The number of amides is 1. The highest BCUT2D eigenvalue weighted by atomic mass is 16.2. The number of aromatic nitrogens is 2. The number of benzene rings is 1. The summed E-state index contributed by atoms with van der Waals surface area (Å²) in [6.07, 6.45) is 3.88. The highest BCUT2D eigenvalue weighted by Gasteiger charge is 2.28. The first kappa shape index (κ1) is 24.3. The molecule has 4 rings (SSSR count). The molecule has 2 aliphatic heterocycles. The van der Waals surface area contributed by atoms with Crippen LogP contribution in [0, 0.1) is 18.8 Å². The first-order chi connectivity index (χ1) is 16.3. The van der Waals surface area contributed by atoms with E-state index < -0.39 is 0 Å². The van der Waals surface area contributed by atoms with Gasteiger partial charge < -0.3 is 10.2 Å². The van der Waals surface area contributed by atoms with Gasteiger partial charge in [-0.25, -0.2) is 4.79 Å². The first-order valence-corrected chi connectivity index (χ1v) is 12.4. The molecule has 1 amide bonds. The average molecular weight is 468 g/mol. The van der Waals surface area contributed by atoms with Gasteiger partial charge in [-0.1, -0.05) is 29.8 Å². The lowest BCUT2D eigenvalue weighted by molar-refractivity contribution is -0.125. The zero-order valence-corrected chi connectivity index (χ0v) is 20.6. The van der Waals surface area contributed by atoms with Crippen molar-refractivity contribution in [3.63, 3.8) is 0 Å². The van der Waals surface area contributed by atoms with Crippen molar-refractivity contribution >= 4 is 11.7 Å². The maximum atomic E-state index is 12.9. The van der Waals surface area contributed by atoms with Crippen molar-refractivity contribution < 1.29 is 4.79 Å². The summed E-state index contributed by atoms with van der Waals surface area (Å²) in [7, 11) is 3.15. The van der Waals surface area contributed by atoms with Crippen LogP contribution in [0.25, 0.3) is 0 Å². The lowest BCUT2D eigenvalue weighted by atomic mass is 9.94. The van der Waals surface area contributed by atoms with E-state index in [4.69, 9.17) is 0 Å². The Morgan fingerprint density at radius 1 is 1.00 bits per heavy atom. The van der Waals surface area contributed by atoms with Crippen molar-refractivity contribution in [2.24, 2.45) is 25.9 Å². The predicted octanol–water partition coefficient (Wildman–Crippen LogP) is 1.64. The molecule has 2 aromatic rings. The van der Waals surface area contributed by atoms with Gasteiger partial charge in [0.25, 0.3) is 5.56 Å². The van der Waals surface area contributed by atoms with E-state index in [0.717, 1.165) is 63.0 Å². The molecule has 0 saturated carbocycles. The van der Waals surface area contributed by atoms with Crippen LogP contribution in [0.1, 0.15) is 36.8 Å². The van der Waals surface area contributed by atoms with Crippen LogP contribution in [0.5, 0.6) is 0 Å². The zero-order valence-electron chi connectivity index (χ0n) is 20.6. The predicted molar refractivity (Wildman–Crippen MR) is 134 cm³/mol. The molecule has 2 fully saturated rings. The Bertz CT molecular complexity index is 1110. The summed E-state index contributed by atoms with van der Waals surface area (Å²) in [5, 5.41) is 3.19. The normalized spacial score (nSPS) is 19.9. The van der Waals surface area contributed by atoms with Crippen LogP contribution >= 0.6 is 0 Å². The van der Waals surface area contributed by atoms with Crippen LogP contribution < -0.4 is 21.5 Å². The molecule has 1 N–H and O–H groups in total. The van der Waals surface area contributed by atoms with E-state index in [1.54, 1.807) is 7.05 Å². The van der Waals surface area contributed by atoms with Gasteiger partial charge in [-0.2, -0.15) is 0 Å². The lowest BCUT2D eigenvalue weighted by Crippen LogP contribution is -2.47. The van der Waals surface area contributed by atoms with Gasteiger partial charge in [-0.05, 0) is 57.2 Å². The third kappa shape index (κ3) is 5.60. The molecule has 1 aromatic carbocycles. The van der Waals surface area contributed by atoms with Crippen molar-refractivity contribution in [3.8, 4) is 0 Å². The van der Waals surface area contributed by atoms with E-state index in [0.29, 0.717) is 18.3 Å². The monoisotopic (exact) mass is 467 g/mol. The average Bonchev–Trinajstić information content (AvgIpc) is 2.85. The van der Waals surface area contributed by atoms with Gasteiger partial charge in [0.15, 0.2) is 0 Å². The van der Waals surface area contributed by atoms with E-state index in [2.05, 4.69) is 41.4 Å². The van der Waals surface area contributed by atoms with Crippen LogP contribution in [0.3, 0.4) is 0 Å². The van der Waals surface area contributed by atoms with Gasteiger partial charge in [-0.3, -0.25) is 23.6 Å². The van der Waals surface area contributed by atoms with E-state index in [1.165, 1.54) is 28.8 Å². The number of anilines is 1. The third-order valence-electron chi connectivity index (χ3n) is 7.42. The SMILES string of the molecule is Cc1ccc(CN2CCC(CNC(=O)[C@H]3CCCN(c4cc(=O)n(C)c(=O)n4C)C3)CC2)cc1. The van der Waals surface area contributed by atoms with Crippen LogP contribution in [-0.4, -0.2) is 52.7 Å². The summed E-state index contributed by atoms with van der Waals surface area (Å²) < 4.78 is 2.59. The second-order valence-corrected chi connectivity index (χ2v) is 9.98. The molecule has 0 unspecified atom stereocenters. The molecular formula is C26H37N5O3. The Hall–Kier alpha value is -2.87. The highest BCUT2D eigenvalue weighted by Crippen LogP contribution is 2.23. The molecule has 34 heavy (non-hydrogen) atoms. The van der Waals surface area contributed by atoms with E-state index in [-0.39, 0.29) is 23.1 Å². The van der Waals surface area contributed by atoms with E-state index in [9.17, 15) is 14.4 Å². The molecule has 0 radical (unpaired) electrons. The van der Waals surface area contributed by atoms with E-state index in [1.807, 2.05) is 4.90 Å². The first-order valence-electron chi connectivity index (χ1n) is 12.4. The number of nitrogens with zero attached hydrogens (tertiary/aromatic N) is 4. The summed E-state index contributed by atoms with van der Waals surface area (Å²) >= 11 is 0. The molecule has 2 saturated heterocycles. The Morgan fingerprint density at radius 3 is 2.41 bits per heavy atom. The van der Waals surface area contributed by atoms with Crippen molar-refractivity contribution in [1.29, 1.82) is 0 Å². The molecule has 8 heteroatoms. The summed E-state index contributed by atoms with van der Waals surface area (Å²) in [4.78, 5) is 41.9. The quantitative estimate of drug-likeness (QED) is 0.699. The smallest absolute Gasteiger partial charge is 0.332 e. The largest absolute Gasteiger partial charge is 0.357 e. The number of carbonyl (C=O) groups is 1. The molecule has 1 aromatic heterocycles. The van der Waals surface area contributed by atoms with Crippen molar-refractivity contribution in [2.75, 3.05) is 37.6 Å². The van der Waals surface area contributed by atoms with Gasteiger partial charge in [0.1, 0.15) is 5.82 Å². The number of aryl methyl sites for hydroxylation is 1. The fraction of sp³-hybridized carbons (Fsp3) is 0.577. The number of carbonyl (C=O) groups excluding carboxylic acids is 1. The van der Waals surface area contributed by atoms with Crippen LogP contribution in [0.4, 0.5) is 5.82 Å². The van der Waals surface area contributed by atoms with Crippen LogP contribution in [0.2, 0.25) is 0 Å². The lowest BCUT2D eigenvalue weighted by Gasteiger charge is -2.35. The molecule has 2 aliphatic rings. The highest BCUT2D eigenvalue weighted by molar-refractivity contribution is 5.79. The van der Waals surface area contributed by atoms with Gasteiger partial charge in [0.05, 0.1) is 5.92 Å². The second kappa shape index (κ2) is 10.6. The third-order valence-corrected chi connectivity index (χ3v) is 7.42. The fourth-order valence-electron chi connectivity index (χ4n) is 5.11. The molecule has 3 heterocycles. The Balaban J connectivity index is 1.26. The Morgan fingerprint density at radius 2 is 1.71 bits per heavy atom. The summed E-state index contributed by atoms with van der Waals surface area (Å²) in [5.41, 5.74) is 1.98. The molecule has 8 nitrogen and oxygen atoms in total. The van der Waals surface area contributed by atoms with Crippen molar-refractivity contribution in [3.05, 3.63) is 62.3 Å². The van der Waals surface area contributed by atoms with Crippen molar-refractivity contribution in [2.45, 2.75) is 39.2 Å². The fourth-order valence-corrected chi connectivity index (χ4v) is 5.11. The van der Waals surface area contributed by atoms with Crippen LogP contribution in [-0.2, 0) is 25.4 Å². The second-order valence-electron chi connectivity index (χ2n) is 9.98. The number of nitrogens with one attached hydrogen (secondary N) is 1. The molecule has 184 valence electrons. The molecule has 1 atom stereocenters. The van der Waals surface area contributed by atoms with Gasteiger partial charge in [0.2, 0.25) is 5.91 Å². The molecular weight excluding hydrogens is 430 g/mol. The summed E-state index contributed by atoms with van der Waals surface area (Å²) in [6, 6.07) is 10.2. The summed E-state index contributed by atoms with van der Waals surface area (Å²) in [6.45, 7) is 7.21. The van der Waals surface area contributed by atoms with Gasteiger partial charge in [0, 0.05) is 46.3 Å². The van der Waals surface area contributed by atoms with Gasteiger partial charge in [-0.15, -0.1) is 0 Å². The maximum Gasteiger partial charge on any atom is 0.332 e.